The zero-order chi connectivity index (χ0) is 17.9. The minimum atomic E-state index is -3.72. The average Bonchev–Trinajstić information content (AvgIpc) is 3.02. The minimum Gasteiger partial charge on any atom is -0.341 e. The van der Waals surface area contributed by atoms with Crippen LogP contribution in [0.3, 0.4) is 0 Å². The second-order valence-electron chi connectivity index (χ2n) is 7.08. The van der Waals surface area contributed by atoms with E-state index in [0.29, 0.717) is 6.42 Å². The number of nitrogens with one attached hydrogen (secondary N) is 1. The highest BCUT2D eigenvalue weighted by Crippen LogP contribution is 2.18. The third-order valence-corrected chi connectivity index (χ3v) is 5.98. The fraction of sp³-hybridized carbons (Fsp3) is 0.611. The summed E-state index contributed by atoms with van der Waals surface area (Å²) in [6.45, 7) is 9.26. The lowest BCUT2D eigenvalue weighted by Gasteiger charge is -2.25. The van der Waals surface area contributed by atoms with Gasteiger partial charge in [0.2, 0.25) is 15.9 Å². The van der Waals surface area contributed by atoms with Crippen LogP contribution in [0.1, 0.15) is 44.2 Å². The van der Waals surface area contributed by atoms with Crippen molar-refractivity contribution in [1.82, 2.24) is 9.62 Å². The van der Waals surface area contributed by atoms with Crippen molar-refractivity contribution >= 4 is 15.9 Å². The maximum atomic E-state index is 12.7. The van der Waals surface area contributed by atoms with E-state index in [1.807, 2.05) is 27.7 Å². The van der Waals surface area contributed by atoms with Gasteiger partial charge in [-0.2, -0.15) is 4.72 Å². The third-order valence-electron chi connectivity index (χ3n) is 4.51. The number of nitrogens with zero attached hydrogens (tertiary/aromatic N) is 1. The smallest absolute Gasteiger partial charge is 0.241 e. The van der Waals surface area contributed by atoms with E-state index in [2.05, 4.69) is 4.72 Å². The van der Waals surface area contributed by atoms with Crippen LogP contribution in [0.25, 0.3) is 0 Å². The number of rotatable bonds is 6. The SMILES string of the molecule is Cc1ccc(S(=O)(=O)N[C@@H](CC(C)C)C(=O)N2CCCC2)cc1C. The largest absolute Gasteiger partial charge is 0.341 e. The predicted molar refractivity (Wildman–Crippen MR) is 95.3 cm³/mol. The van der Waals surface area contributed by atoms with Gasteiger partial charge in [-0.15, -0.1) is 0 Å². The molecule has 2 rings (SSSR count). The van der Waals surface area contributed by atoms with Gasteiger partial charge >= 0.3 is 0 Å². The van der Waals surface area contributed by atoms with Crippen LogP contribution in [-0.2, 0) is 14.8 Å². The molecule has 1 aliphatic rings. The number of hydrogen-bond donors (Lipinski definition) is 1. The highest BCUT2D eigenvalue weighted by Gasteiger charge is 2.31. The third kappa shape index (κ3) is 4.57. The number of likely N-dealkylation sites (tertiary alicyclic amines) is 1. The van der Waals surface area contributed by atoms with E-state index >= 15 is 0 Å². The number of amides is 1. The summed E-state index contributed by atoms with van der Waals surface area (Å²) in [5.41, 5.74) is 1.96. The lowest BCUT2D eigenvalue weighted by atomic mass is 10.0. The summed E-state index contributed by atoms with van der Waals surface area (Å²) in [6.07, 6.45) is 2.48. The molecule has 1 saturated heterocycles. The molecular weight excluding hydrogens is 324 g/mol. The maximum Gasteiger partial charge on any atom is 0.241 e. The minimum absolute atomic E-state index is 0.103. The van der Waals surface area contributed by atoms with Crippen molar-refractivity contribution in [2.75, 3.05) is 13.1 Å². The normalized spacial score (nSPS) is 16.6. The molecule has 0 unspecified atom stereocenters. The zero-order valence-corrected chi connectivity index (χ0v) is 15.8. The average molecular weight is 353 g/mol. The molecule has 1 aromatic rings. The summed E-state index contributed by atoms with van der Waals surface area (Å²) >= 11 is 0. The Hall–Kier alpha value is -1.40. The molecule has 1 atom stereocenters. The van der Waals surface area contributed by atoms with Crippen LogP contribution in [0.2, 0.25) is 0 Å². The molecule has 1 fully saturated rings. The van der Waals surface area contributed by atoms with Crippen LogP contribution in [0.4, 0.5) is 0 Å². The predicted octanol–water partition coefficient (Wildman–Crippen LogP) is 2.62. The summed E-state index contributed by atoms with van der Waals surface area (Å²) in [6, 6.07) is 4.35. The van der Waals surface area contributed by atoms with Gasteiger partial charge in [-0.25, -0.2) is 8.42 Å². The summed E-state index contributed by atoms with van der Waals surface area (Å²) in [5, 5.41) is 0. The number of aryl methyl sites for hydroxylation is 2. The number of hydrogen-bond acceptors (Lipinski definition) is 3. The van der Waals surface area contributed by atoms with E-state index in [4.69, 9.17) is 0 Å². The van der Waals surface area contributed by atoms with Crippen LogP contribution < -0.4 is 4.72 Å². The van der Waals surface area contributed by atoms with Crippen LogP contribution >= 0.6 is 0 Å². The van der Waals surface area contributed by atoms with E-state index in [0.717, 1.165) is 37.1 Å². The first-order valence-corrected chi connectivity index (χ1v) is 10.1. The van der Waals surface area contributed by atoms with Gasteiger partial charge in [-0.3, -0.25) is 4.79 Å². The van der Waals surface area contributed by atoms with Crippen molar-refractivity contribution < 1.29 is 13.2 Å². The maximum absolute atomic E-state index is 12.7. The monoisotopic (exact) mass is 352 g/mol. The number of sulfonamides is 1. The topological polar surface area (TPSA) is 66.5 Å². The highest BCUT2D eigenvalue weighted by atomic mass is 32.2. The molecule has 1 aromatic carbocycles. The molecule has 134 valence electrons. The Morgan fingerprint density at radius 3 is 2.33 bits per heavy atom. The first kappa shape index (κ1) is 18.9. The number of carbonyl (C=O) groups is 1. The number of carbonyl (C=O) groups excluding carboxylic acids is 1. The van der Waals surface area contributed by atoms with Crippen molar-refractivity contribution in [3.05, 3.63) is 29.3 Å². The van der Waals surface area contributed by atoms with Gasteiger partial charge in [-0.1, -0.05) is 19.9 Å². The summed E-state index contributed by atoms with van der Waals surface area (Å²) in [7, 11) is -3.72. The van der Waals surface area contributed by atoms with Crippen molar-refractivity contribution in [3.8, 4) is 0 Å². The standard InChI is InChI=1S/C18H28N2O3S/c1-13(2)11-17(18(21)20-9-5-6-10-20)19-24(22,23)16-8-7-14(3)15(4)12-16/h7-8,12-13,17,19H,5-6,9-11H2,1-4H3/t17-/m0/s1. The quantitative estimate of drug-likeness (QED) is 0.856. The Morgan fingerprint density at radius 2 is 1.79 bits per heavy atom. The van der Waals surface area contributed by atoms with Gasteiger partial charge in [0.25, 0.3) is 0 Å². The Labute approximate surface area is 145 Å². The molecule has 1 amide bonds. The molecule has 1 heterocycles. The van der Waals surface area contributed by atoms with E-state index in [1.54, 1.807) is 23.1 Å². The molecule has 0 aromatic heterocycles. The Morgan fingerprint density at radius 1 is 1.17 bits per heavy atom. The van der Waals surface area contributed by atoms with Gasteiger partial charge in [0.05, 0.1) is 4.90 Å². The van der Waals surface area contributed by atoms with E-state index in [-0.39, 0.29) is 16.7 Å². The van der Waals surface area contributed by atoms with Crippen LogP contribution in [0, 0.1) is 19.8 Å². The summed E-state index contributed by atoms with van der Waals surface area (Å²) < 4.78 is 28.1. The lowest BCUT2D eigenvalue weighted by molar-refractivity contribution is -0.132. The molecule has 0 aliphatic carbocycles. The molecular formula is C18H28N2O3S. The van der Waals surface area contributed by atoms with Gasteiger partial charge in [0.15, 0.2) is 0 Å². The van der Waals surface area contributed by atoms with Crippen LogP contribution in [0.5, 0.6) is 0 Å². The second-order valence-corrected chi connectivity index (χ2v) is 8.80. The Balaban J connectivity index is 2.23. The van der Waals surface area contributed by atoms with E-state index < -0.39 is 16.1 Å². The van der Waals surface area contributed by atoms with Crippen molar-refractivity contribution in [3.63, 3.8) is 0 Å². The molecule has 0 bridgehead atoms. The van der Waals surface area contributed by atoms with Crippen molar-refractivity contribution in [2.45, 2.75) is 57.9 Å². The van der Waals surface area contributed by atoms with Gasteiger partial charge in [0.1, 0.15) is 6.04 Å². The van der Waals surface area contributed by atoms with Crippen molar-refractivity contribution in [2.24, 2.45) is 5.92 Å². The van der Waals surface area contributed by atoms with Gasteiger partial charge in [-0.05, 0) is 62.3 Å². The van der Waals surface area contributed by atoms with E-state index in [1.165, 1.54) is 0 Å². The lowest BCUT2D eigenvalue weighted by Crippen LogP contribution is -2.48. The summed E-state index contributed by atoms with van der Waals surface area (Å²) in [5.74, 6) is 0.123. The molecule has 6 heteroatoms. The molecule has 0 saturated carbocycles. The fourth-order valence-electron chi connectivity index (χ4n) is 2.97. The van der Waals surface area contributed by atoms with Gasteiger partial charge in [0, 0.05) is 13.1 Å². The Kier molecular flexibility index (Phi) is 6.04. The van der Waals surface area contributed by atoms with Crippen LogP contribution in [0.15, 0.2) is 23.1 Å². The Bertz CT molecular complexity index is 692. The van der Waals surface area contributed by atoms with E-state index in [9.17, 15) is 13.2 Å². The highest BCUT2D eigenvalue weighted by molar-refractivity contribution is 7.89. The van der Waals surface area contributed by atoms with Crippen molar-refractivity contribution in [1.29, 1.82) is 0 Å². The molecule has 24 heavy (non-hydrogen) atoms. The fourth-order valence-corrected chi connectivity index (χ4v) is 4.25. The molecule has 1 N–H and O–H groups in total. The van der Waals surface area contributed by atoms with Crippen LogP contribution in [-0.4, -0.2) is 38.4 Å². The molecule has 0 spiro atoms. The molecule has 0 radical (unpaired) electrons. The first-order chi connectivity index (χ1) is 11.2. The van der Waals surface area contributed by atoms with Gasteiger partial charge < -0.3 is 4.90 Å². The first-order valence-electron chi connectivity index (χ1n) is 8.59. The number of benzene rings is 1. The zero-order valence-electron chi connectivity index (χ0n) is 15.0. The summed E-state index contributed by atoms with van der Waals surface area (Å²) in [4.78, 5) is 14.7. The second kappa shape index (κ2) is 7.66. The molecule has 5 nitrogen and oxygen atoms in total. The molecule has 1 aliphatic heterocycles.